The topological polar surface area (TPSA) is 27.7 Å². The van der Waals surface area contributed by atoms with Crippen LogP contribution in [0.5, 0.6) is 0 Å². The highest BCUT2D eigenvalue weighted by Crippen LogP contribution is 2.37. The summed E-state index contributed by atoms with van der Waals surface area (Å²) in [6.07, 6.45) is 0.966. The van der Waals surface area contributed by atoms with Gasteiger partial charge in [-0.25, -0.2) is 0 Å². The van der Waals surface area contributed by atoms with Gasteiger partial charge in [0.25, 0.3) is 8.32 Å². The predicted molar refractivity (Wildman–Crippen MR) is 178 cm³/mol. The molecule has 0 aliphatic rings. The molecular formula is C33H58O3Si3. The molecule has 0 atom stereocenters. The summed E-state index contributed by atoms with van der Waals surface area (Å²) in [5.74, 6) is 0.358. The van der Waals surface area contributed by atoms with Crippen LogP contribution in [-0.2, 0) is 13.3 Å². The SMILES string of the molecule is CC[Si](CC)(CC)OCC(CCO[Si](c1ccccc1)(c1ccccc1)C(C)(C)C)CO[Si](CC)(CC)CC. The zero-order valence-electron chi connectivity index (χ0n) is 26.6. The number of hydrogen-bond acceptors (Lipinski definition) is 3. The lowest BCUT2D eigenvalue weighted by molar-refractivity contribution is 0.137. The summed E-state index contributed by atoms with van der Waals surface area (Å²) >= 11 is 0. The molecule has 6 heteroatoms. The van der Waals surface area contributed by atoms with E-state index in [1.165, 1.54) is 46.6 Å². The second kappa shape index (κ2) is 15.8. The van der Waals surface area contributed by atoms with Gasteiger partial charge in [-0.05, 0) is 58.1 Å². The molecule has 3 nitrogen and oxygen atoms in total. The molecule has 0 aliphatic carbocycles. The van der Waals surface area contributed by atoms with Crippen molar-refractivity contribution in [3.63, 3.8) is 0 Å². The minimum atomic E-state index is -2.54. The summed E-state index contributed by atoms with van der Waals surface area (Å²) < 4.78 is 21.0. The van der Waals surface area contributed by atoms with Gasteiger partial charge < -0.3 is 13.3 Å². The summed E-state index contributed by atoms with van der Waals surface area (Å²) in [5, 5.41) is 2.68. The first-order valence-corrected chi connectivity index (χ1v) is 22.6. The van der Waals surface area contributed by atoms with Crippen molar-refractivity contribution < 1.29 is 13.3 Å². The molecule has 2 aromatic rings. The van der Waals surface area contributed by atoms with E-state index < -0.39 is 25.0 Å². The third kappa shape index (κ3) is 8.49. The van der Waals surface area contributed by atoms with Crippen molar-refractivity contribution in [1.29, 1.82) is 0 Å². The van der Waals surface area contributed by atoms with E-state index >= 15 is 0 Å². The minimum Gasteiger partial charge on any atom is -0.416 e. The van der Waals surface area contributed by atoms with Gasteiger partial charge in [0, 0.05) is 25.7 Å². The molecule has 0 unspecified atom stereocenters. The maximum atomic E-state index is 7.27. The highest BCUT2D eigenvalue weighted by atomic mass is 28.4. The molecule has 0 saturated carbocycles. The molecule has 0 fully saturated rings. The van der Waals surface area contributed by atoms with E-state index in [1.54, 1.807) is 0 Å². The molecule has 220 valence electrons. The fraction of sp³-hybridized carbons (Fsp3) is 0.636. The Labute approximate surface area is 244 Å². The summed E-state index contributed by atoms with van der Waals surface area (Å²) in [6, 6.07) is 29.1. The Morgan fingerprint density at radius 1 is 0.564 bits per heavy atom. The quantitative estimate of drug-likeness (QED) is 0.164. The smallest absolute Gasteiger partial charge is 0.261 e. The maximum Gasteiger partial charge on any atom is 0.261 e. The van der Waals surface area contributed by atoms with Crippen molar-refractivity contribution in [2.75, 3.05) is 19.8 Å². The van der Waals surface area contributed by atoms with E-state index in [4.69, 9.17) is 13.3 Å². The highest BCUT2D eigenvalue weighted by molar-refractivity contribution is 6.99. The van der Waals surface area contributed by atoms with E-state index in [0.29, 0.717) is 5.92 Å². The van der Waals surface area contributed by atoms with Crippen molar-refractivity contribution in [2.24, 2.45) is 5.92 Å². The lowest BCUT2D eigenvalue weighted by atomic mass is 10.1. The predicted octanol–water partition coefficient (Wildman–Crippen LogP) is 8.61. The van der Waals surface area contributed by atoms with E-state index in [0.717, 1.165) is 26.2 Å². The van der Waals surface area contributed by atoms with Gasteiger partial charge in [0.1, 0.15) is 0 Å². The Kier molecular flexibility index (Phi) is 13.9. The first-order chi connectivity index (χ1) is 18.6. The average molecular weight is 587 g/mol. The molecule has 2 aromatic carbocycles. The van der Waals surface area contributed by atoms with E-state index in [-0.39, 0.29) is 5.04 Å². The number of rotatable bonds is 18. The Morgan fingerprint density at radius 3 is 1.23 bits per heavy atom. The minimum absolute atomic E-state index is 0.0123. The van der Waals surface area contributed by atoms with E-state index in [2.05, 4.69) is 123 Å². The molecule has 0 saturated heterocycles. The zero-order valence-corrected chi connectivity index (χ0v) is 29.6. The van der Waals surface area contributed by atoms with Gasteiger partial charge >= 0.3 is 0 Å². The molecule has 0 amide bonds. The Hall–Kier alpha value is -1.03. The first kappa shape index (κ1) is 34.2. The molecule has 0 radical (unpaired) electrons. The fourth-order valence-electron chi connectivity index (χ4n) is 6.06. The van der Waals surface area contributed by atoms with Crippen LogP contribution in [0, 0.1) is 5.92 Å². The van der Waals surface area contributed by atoms with Gasteiger partial charge in [0.2, 0.25) is 0 Å². The highest BCUT2D eigenvalue weighted by Gasteiger charge is 2.50. The standard InChI is InChI=1S/C33H58O3Si3/c1-10-37(11-2,12-3)35-28-30(29-36-38(13-4,14-5)15-6)26-27-34-39(33(7,8)9,31-22-18-16-19-23-31)32-24-20-17-21-25-32/h16-25,30H,10-15,26-29H2,1-9H3. The third-order valence-corrected chi connectivity index (χ3v) is 23.7. The van der Waals surface area contributed by atoms with Crippen molar-refractivity contribution in [3.8, 4) is 0 Å². The second-order valence-corrected chi connectivity index (χ2v) is 26.1. The van der Waals surface area contributed by atoms with Gasteiger partial charge in [-0.15, -0.1) is 0 Å². The van der Waals surface area contributed by atoms with Crippen LogP contribution >= 0.6 is 0 Å². The second-order valence-electron chi connectivity index (χ2n) is 12.3. The molecule has 2 rings (SSSR count). The fourth-order valence-corrected chi connectivity index (χ4v) is 16.0. The van der Waals surface area contributed by atoms with E-state index in [1.807, 2.05) is 0 Å². The van der Waals surface area contributed by atoms with Crippen LogP contribution in [0.2, 0.25) is 41.3 Å². The zero-order chi connectivity index (χ0) is 29.0. The van der Waals surface area contributed by atoms with Crippen LogP contribution in [-0.4, -0.2) is 44.8 Å². The largest absolute Gasteiger partial charge is 0.416 e. The lowest BCUT2D eigenvalue weighted by Gasteiger charge is -2.43. The van der Waals surface area contributed by atoms with Crippen LogP contribution in [0.25, 0.3) is 0 Å². The van der Waals surface area contributed by atoms with Gasteiger partial charge in [-0.3, -0.25) is 0 Å². The molecular weight excluding hydrogens is 529 g/mol. The summed E-state index contributed by atoms with van der Waals surface area (Å²) in [6.45, 7) is 23.3. The molecule has 39 heavy (non-hydrogen) atoms. The van der Waals surface area contributed by atoms with Gasteiger partial charge in [-0.2, -0.15) is 0 Å². The van der Waals surface area contributed by atoms with E-state index in [9.17, 15) is 0 Å². The number of benzene rings is 2. The Bertz CT molecular complexity index is 842. The van der Waals surface area contributed by atoms with Crippen LogP contribution in [0.15, 0.2) is 60.7 Å². The molecule has 0 spiro atoms. The third-order valence-electron chi connectivity index (χ3n) is 9.38. The van der Waals surface area contributed by atoms with Crippen molar-refractivity contribution in [1.82, 2.24) is 0 Å². The van der Waals surface area contributed by atoms with Crippen molar-refractivity contribution in [3.05, 3.63) is 60.7 Å². The van der Waals surface area contributed by atoms with Gasteiger partial charge in [0.15, 0.2) is 16.6 Å². The monoisotopic (exact) mass is 586 g/mol. The van der Waals surface area contributed by atoms with Gasteiger partial charge in [0.05, 0.1) is 0 Å². The van der Waals surface area contributed by atoms with Crippen LogP contribution in [0.4, 0.5) is 0 Å². The Balaban J connectivity index is 2.35. The maximum absolute atomic E-state index is 7.27. The summed E-state index contributed by atoms with van der Waals surface area (Å²) in [4.78, 5) is 0. The van der Waals surface area contributed by atoms with Crippen LogP contribution in [0.3, 0.4) is 0 Å². The lowest BCUT2D eigenvalue weighted by Crippen LogP contribution is -2.66. The molecule has 0 N–H and O–H groups in total. The van der Waals surface area contributed by atoms with Crippen molar-refractivity contribution in [2.45, 2.75) is 110 Å². The molecule has 0 aliphatic heterocycles. The number of hydrogen-bond donors (Lipinski definition) is 0. The normalized spacial score (nSPS) is 13.3. The Morgan fingerprint density at radius 2 is 0.923 bits per heavy atom. The summed E-state index contributed by atoms with van der Waals surface area (Å²) in [5.41, 5.74) is 0. The average Bonchev–Trinajstić information content (AvgIpc) is 2.97. The van der Waals surface area contributed by atoms with Crippen LogP contribution < -0.4 is 10.4 Å². The molecule has 0 bridgehead atoms. The molecule has 0 aromatic heterocycles. The van der Waals surface area contributed by atoms with Gasteiger partial charge in [-0.1, -0.05) is 123 Å². The van der Waals surface area contributed by atoms with Crippen LogP contribution in [0.1, 0.15) is 68.7 Å². The van der Waals surface area contributed by atoms with Crippen molar-refractivity contribution >= 4 is 35.3 Å². The summed E-state index contributed by atoms with van der Waals surface area (Å²) in [7, 11) is -5.88. The first-order valence-electron chi connectivity index (χ1n) is 15.6. The molecule has 0 heterocycles.